The van der Waals surface area contributed by atoms with Crippen LogP contribution in [0.4, 0.5) is 0 Å². The van der Waals surface area contributed by atoms with Crippen LogP contribution >= 0.6 is 0 Å². The van der Waals surface area contributed by atoms with Gasteiger partial charge in [0.15, 0.2) is 0 Å². The third kappa shape index (κ3) is 5.27. The first-order chi connectivity index (χ1) is 5.74. The van der Waals surface area contributed by atoms with Crippen molar-refractivity contribution in [2.24, 2.45) is 5.92 Å². The van der Waals surface area contributed by atoms with Crippen molar-refractivity contribution in [3.05, 3.63) is 0 Å². The molecule has 0 rings (SSSR count). The summed E-state index contributed by atoms with van der Waals surface area (Å²) in [5.74, 6) is -0.112. The van der Waals surface area contributed by atoms with Crippen molar-refractivity contribution in [3.8, 4) is 0 Å². The van der Waals surface area contributed by atoms with Crippen LogP contribution in [-0.2, 0) is 4.79 Å². The summed E-state index contributed by atoms with van der Waals surface area (Å²) in [6.07, 6.45) is 2.80. The highest BCUT2D eigenvalue weighted by Crippen LogP contribution is 2.06. The smallest absolute Gasteiger partial charge is 0.133 e. The molecule has 0 aromatic heterocycles. The Kier molecular flexibility index (Phi) is 7.00. The van der Waals surface area contributed by atoms with E-state index in [0.29, 0.717) is 12.8 Å². The highest BCUT2D eigenvalue weighted by molar-refractivity contribution is 5.78. The van der Waals surface area contributed by atoms with Crippen LogP contribution in [0.3, 0.4) is 0 Å². The minimum absolute atomic E-state index is 0.103. The first-order valence-corrected chi connectivity index (χ1v) is 4.48. The third-order valence-electron chi connectivity index (χ3n) is 1.84. The number of carbonyl (C=O) groups is 1. The molecule has 0 saturated heterocycles. The minimum atomic E-state index is -0.255. The van der Waals surface area contributed by atoms with Crippen molar-refractivity contribution >= 4 is 5.78 Å². The van der Waals surface area contributed by atoms with Crippen molar-refractivity contribution in [2.45, 2.75) is 32.6 Å². The SMILES string of the molecule is CCCCC(=O)CC(CO)CO. The summed E-state index contributed by atoms with van der Waals surface area (Å²) in [6.45, 7) is 1.82. The van der Waals surface area contributed by atoms with Crippen LogP contribution in [0.25, 0.3) is 0 Å². The molecule has 0 aliphatic rings. The summed E-state index contributed by atoms with van der Waals surface area (Å²) >= 11 is 0. The minimum Gasteiger partial charge on any atom is -0.396 e. The molecule has 0 amide bonds. The molecule has 0 bridgehead atoms. The van der Waals surface area contributed by atoms with E-state index >= 15 is 0 Å². The predicted molar refractivity (Wildman–Crippen MR) is 46.8 cm³/mol. The zero-order valence-electron chi connectivity index (χ0n) is 7.62. The van der Waals surface area contributed by atoms with Gasteiger partial charge in [-0.3, -0.25) is 4.79 Å². The molecular weight excluding hydrogens is 156 g/mol. The summed E-state index contributed by atoms with van der Waals surface area (Å²) < 4.78 is 0. The number of Topliss-reactive ketones (excluding diaryl/α,β-unsaturated/α-hetero) is 1. The van der Waals surface area contributed by atoms with Gasteiger partial charge in [-0.15, -0.1) is 0 Å². The van der Waals surface area contributed by atoms with Crippen LogP contribution in [0.5, 0.6) is 0 Å². The fourth-order valence-corrected chi connectivity index (χ4v) is 0.985. The summed E-state index contributed by atoms with van der Waals surface area (Å²) in [5, 5.41) is 17.4. The van der Waals surface area contributed by atoms with E-state index in [1.54, 1.807) is 0 Å². The van der Waals surface area contributed by atoms with Gasteiger partial charge in [0.1, 0.15) is 5.78 Å². The highest BCUT2D eigenvalue weighted by Gasteiger charge is 2.10. The zero-order chi connectivity index (χ0) is 9.40. The van der Waals surface area contributed by atoms with Gasteiger partial charge in [0, 0.05) is 32.0 Å². The average Bonchev–Trinajstić information content (AvgIpc) is 2.10. The average molecular weight is 174 g/mol. The Morgan fingerprint density at radius 3 is 2.33 bits per heavy atom. The van der Waals surface area contributed by atoms with Crippen LogP contribution < -0.4 is 0 Å². The van der Waals surface area contributed by atoms with Gasteiger partial charge in [0.25, 0.3) is 0 Å². The molecule has 12 heavy (non-hydrogen) atoms. The Hall–Kier alpha value is -0.410. The van der Waals surface area contributed by atoms with Gasteiger partial charge >= 0.3 is 0 Å². The molecule has 0 saturated carbocycles. The molecule has 0 heterocycles. The predicted octanol–water partition coefficient (Wildman–Crippen LogP) is 0.737. The number of aliphatic hydroxyl groups excluding tert-OH is 2. The van der Waals surface area contributed by atoms with Crippen molar-refractivity contribution < 1.29 is 15.0 Å². The Morgan fingerprint density at radius 2 is 1.92 bits per heavy atom. The zero-order valence-corrected chi connectivity index (χ0v) is 7.62. The Balaban J connectivity index is 3.52. The standard InChI is InChI=1S/C9H18O3/c1-2-3-4-9(12)5-8(6-10)7-11/h8,10-11H,2-7H2,1H3. The molecule has 0 radical (unpaired) electrons. The van der Waals surface area contributed by atoms with E-state index < -0.39 is 0 Å². The molecule has 0 aromatic rings. The second-order valence-corrected chi connectivity index (χ2v) is 3.08. The van der Waals surface area contributed by atoms with Gasteiger partial charge in [-0.05, 0) is 6.42 Å². The van der Waals surface area contributed by atoms with Crippen LogP contribution in [-0.4, -0.2) is 29.2 Å². The molecule has 0 atom stereocenters. The molecular formula is C9H18O3. The third-order valence-corrected chi connectivity index (χ3v) is 1.84. The van der Waals surface area contributed by atoms with E-state index in [0.717, 1.165) is 12.8 Å². The lowest BCUT2D eigenvalue weighted by Gasteiger charge is -2.08. The number of carbonyl (C=O) groups excluding carboxylic acids is 1. The molecule has 3 nitrogen and oxygen atoms in total. The van der Waals surface area contributed by atoms with E-state index in [1.165, 1.54) is 0 Å². The van der Waals surface area contributed by atoms with Crippen molar-refractivity contribution in [1.29, 1.82) is 0 Å². The van der Waals surface area contributed by atoms with Gasteiger partial charge in [0.2, 0.25) is 0 Å². The Bertz CT molecular complexity index is 119. The summed E-state index contributed by atoms with van der Waals surface area (Å²) in [4.78, 5) is 11.1. The number of unbranched alkanes of at least 4 members (excludes halogenated alkanes) is 1. The van der Waals surface area contributed by atoms with Crippen molar-refractivity contribution in [1.82, 2.24) is 0 Å². The summed E-state index contributed by atoms with van der Waals surface area (Å²) in [5.41, 5.74) is 0. The van der Waals surface area contributed by atoms with Crippen LogP contribution in [0, 0.1) is 5.92 Å². The van der Waals surface area contributed by atoms with Gasteiger partial charge in [-0.25, -0.2) is 0 Å². The fourth-order valence-electron chi connectivity index (χ4n) is 0.985. The lowest BCUT2D eigenvalue weighted by atomic mass is 10.0. The topological polar surface area (TPSA) is 57.5 Å². The fraction of sp³-hybridized carbons (Fsp3) is 0.889. The van der Waals surface area contributed by atoms with E-state index in [4.69, 9.17) is 10.2 Å². The second-order valence-electron chi connectivity index (χ2n) is 3.08. The largest absolute Gasteiger partial charge is 0.396 e. The number of hydrogen-bond acceptors (Lipinski definition) is 3. The molecule has 0 aromatic carbocycles. The Morgan fingerprint density at radius 1 is 1.33 bits per heavy atom. The molecule has 0 aliphatic heterocycles. The lowest BCUT2D eigenvalue weighted by Crippen LogP contribution is -2.15. The summed E-state index contributed by atoms with van der Waals surface area (Å²) in [6, 6.07) is 0. The normalized spacial score (nSPS) is 10.7. The number of ketones is 1. The van der Waals surface area contributed by atoms with Gasteiger partial charge < -0.3 is 10.2 Å². The van der Waals surface area contributed by atoms with Gasteiger partial charge in [0.05, 0.1) is 0 Å². The van der Waals surface area contributed by atoms with Crippen LogP contribution in [0.1, 0.15) is 32.6 Å². The van der Waals surface area contributed by atoms with Crippen LogP contribution in [0.2, 0.25) is 0 Å². The molecule has 2 N–H and O–H groups in total. The summed E-state index contributed by atoms with van der Waals surface area (Å²) in [7, 11) is 0. The van der Waals surface area contributed by atoms with Crippen molar-refractivity contribution in [3.63, 3.8) is 0 Å². The molecule has 3 heteroatoms. The van der Waals surface area contributed by atoms with E-state index in [9.17, 15) is 4.79 Å². The van der Waals surface area contributed by atoms with E-state index in [1.807, 2.05) is 6.92 Å². The van der Waals surface area contributed by atoms with Crippen molar-refractivity contribution in [2.75, 3.05) is 13.2 Å². The molecule has 0 spiro atoms. The monoisotopic (exact) mass is 174 g/mol. The molecule has 0 fully saturated rings. The first-order valence-electron chi connectivity index (χ1n) is 4.48. The number of rotatable bonds is 7. The Labute approximate surface area is 73.4 Å². The molecule has 0 aliphatic carbocycles. The van der Waals surface area contributed by atoms with Gasteiger partial charge in [-0.1, -0.05) is 13.3 Å². The number of hydrogen-bond donors (Lipinski definition) is 2. The first kappa shape index (κ1) is 11.6. The van der Waals surface area contributed by atoms with Crippen LogP contribution in [0.15, 0.2) is 0 Å². The maximum absolute atomic E-state index is 11.1. The van der Waals surface area contributed by atoms with Gasteiger partial charge in [-0.2, -0.15) is 0 Å². The van der Waals surface area contributed by atoms with E-state index in [2.05, 4.69) is 0 Å². The molecule has 0 unspecified atom stereocenters. The molecule has 72 valence electrons. The highest BCUT2D eigenvalue weighted by atomic mass is 16.3. The maximum atomic E-state index is 11.1. The maximum Gasteiger partial charge on any atom is 0.133 e. The number of aliphatic hydroxyl groups is 2. The van der Waals surface area contributed by atoms with E-state index in [-0.39, 0.29) is 24.9 Å². The quantitative estimate of drug-likeness (QED) is 0.598. The second kappa shape index (κ2) is 7.25. The lowest BCUT2D eigenvalue weighted by molar-refractivity contribution is -0.120.